The van der Waals surface area contributed by atoms with Crippen LogP contribution in [0, 0.1) is 0 Å². The van der Waals surface area contributed by atoms with Crippen LogP contribution in [0.2, 0.25) is 0 Å². The van der Waals surface area contributed by atoms with Gasteiger partial charge in [-0.05, 0) is 35.2 Å². The molecule has 0 saturated heterocycles. The first-order valence-electron chi connectivity index (χ1n) is 8.32. The van der Waals surface area contributed by atoms with Crippen LogP contribution in [-0.2, 0) is 24.2 Å². The summed E-state index contributed by atoms with van der Waals surface area (Å²) in [6, 6.07) is 7.55. The van der Waals surface area contributed by atoms with Crippen molar-refractivity contribution in [3.63, 3.8) is 0 Å². The van der Waals surface area contributed by atoms with E-state index in [1.54, 1.807) is 24.4 Å². The normalized spacial score (nSPS) is 12.9. The van der Waals surface area contributed by atoms with Gasteiger partial charge in [0, 0.05) is 25.5 Å². The molecule has 1 aliphatic heterocycles. The van der Waals surface area contributed by atoms with Crippen LogP contribution in [0.25, 0.3) is 0 Å². The minimum atomic E-state index is -0.372. The van der Waals surface area contributed by atoms with E-state index in [0.717, 1.165) is 22.4 Å². The molecule has 0 spiro atoms. The third-order valence-electron chi connectivity index (χ3n) is 4.40. The van der Waals surface area contributed by atoms with Gasteiger partial charge in [-0.1, -0.05) is 12.1 Å². The highest BCUT2D eigenvalue weighted by Gasteiger charge is 2.25. The maximum atomic E-state index is 12.6. The van der Waals surface area contributed by atoms with Gasteiger partial charge in [0.25, 0.3) is 5.91 Å². The Kier molecular flexibility index (Phi) is 5.36. The first-order valence-corrected chi connectivity index (χ1v) is 8.32. The molecule has 136 valence electrons. The Morgan fingerprint density at radius 2 is 2.12 bits per heavy atom. The lowest BCUT2D eigenvalue weighted by atomic mass is 9.97. The molecule has 3 rings (SSSR count). The molecule has 26 heavy (non-hydrogen) atoms. The second-order valence-corrected chi connectivity index (χ2v) is 6.00. The van der Waals surface area contributed by atoms with Crippen molar-refractivity contribution in [2.75, 3.05) is 20.8 Å². The Bertz CT molecular complexity index is 822. The van der Waals surface area contributed by atoms with Gasteiger partial charge in [-0.3, -0.25) is 9.78 Å². The van der Waals surface area contributed by atoms with Gasteiger partial charge in [0.2, 0.25) is 0 Å². The summed E-state index contributed by atoms with van der Waals surface area (Å²) in [7, 11) is 2.97. The highest BCUT2D eigenvalue weighted by atomic mass is 16.5. The molecule has 2 aromatic rings. The predicted molar refractivity (Wildman–Crippen MR) is 94.9 cm³/mol. The zero-order valence-corrected chi connectivity index (χ0v) is 14.8. The van der Waals surface area contributed by atoms with E-state index in [1.165, 1.54) is 7.11 Å². The van der Waals surface area contributed by atoms with E-state index in [4.69, 9.17) is 9.47 Å². The number of aromatic nitrogens is 1. The summed E-state index contributed by atoms with van der Waals surface area (Å²) in [6.07, 6.45) is 3.50. The van der Waals surface area contributed by atoms with Crippen LogP contribution in [0.4, 0.5) is 4.79 Å². The van der Waals surface area contributed by atoms with Crippen LogP contribution in [0.15, 0.2) is 36.7 Å². The molecule has 0 atom stereocenters. The van der Waals surface area contributed by atoms with Crippen molar-refractivity contribution < 1.29 is 19.1 Å². The molecule has 0 fully saturated rings. The van der Waals surface area contributed by atoms with Gasteiger partial charge in [0.1, 0.15) is 5.75 Å². The van der Waals surface area contributed by atoms with Gasteiger partial charge in [-0.25, -0.2) is 4.79 Å². The van der Waals surface area contributed by atoms with Crippen molar-refractivity contribution in [2.45, 2.75) is 19.5 Å². The van der Waals surface area contributed by atoms with Gasteiger partial charge in [0.05, 0.1) is 26.3 Å². The van der Waals surface area contributed by atoms with Crippen molar-refractivity contribution in [3.8, 4) is 5.75 Å². The molecule has 7 heteroatoms. The number of nitrogens with zero attached hydrogens (tertiary/aromatic N) is 2. The van der Waals surface area contributed by atoms with Gasteiger partial charge in [-0.15, -0.1) is 0 Å². The summed E-state index contributed by atoms with van der Waals surface area (Å²) in [5.74, 6) is 0.571. The van der Waals surface area contributed by atoms with Gasteiger partial charge in [-0.2, -0.15) is 0 Å². The number of ether oxygens (including phenoxy) is 2. The largest absolute Gasteiger partial charge is 0.497 e. The molecule has 1 aromatic heterocycles. The number of fused-ring (bicyclic) bond motifs is 1. The molecule has 1 aromatic carbocycles. The highest BCUT2D eigenvalue weighted by Crippen LogP contribution is 2.22. The van der Waals surface area contributed by atoms with Crippen molar-refractivity contribution in [1.29, 1.82) is 0 Å². The molecular formula is C19H21N3O4. The van der Waals surface area contributed by atoms with E-state index >= 15 is 0 Å². The monoisotopic (exact) mass is 355 g/mol. The summed E-state index contributed by atoms with van der Waals surface area (Å²) < 4.78 is 9.96. The molecule has 0 aliphatic carbocycles. The summed E-state index contributed by atoms with van der Waals surface area (Å²) >= 11 is 0. The van der Waals surface area contributed by atoms with Crippen molar-refractivity contribution >= 4 is 12.0 Å². The van der Waals surface area contributed by atoms with Crippen molar-refractivity contribution in [1.82, 2.24) is 15.2 Å². The fourth-order valence-corrected chi connectivity index (χ4v) is 3.03. The number of amides is 2. The van der Waals surface area contributed by atoms with Gasteiger partial charge >= 0.3 is 6.09 Å². The number of benzene rings is 1. The first-order chi connectivity index (χ1) is 12.6. The number of nitrogens with one attached hydrogen (secondary N) is 1. The fourth-order valence-electron chi connectivity index (χ4n) is 3.03. The number of rotatable bonds is 4. The summed E-state index contributed by atoms with van der Waals surface area (Å²) in [6.45, 7) is 1.31. The van der Waals surface area contributed by atoms with E-state index < -0.39 is 0 Å². The van der Waals surface area contributed by atoms with Crippen LogP contribution in [-0.4, -0.2) is 42.6 Å². The maximum Gasteiger partial charge on any atom is 0.409 e. The number of pyridine rings is 1. The Labute approximate surface area is 151 Å². The van der Waals surface area contributed by atoms with Crippen LogP contribution < -0.4 is 10.1 Å². The molecule has 0 saturated carbocycles. The Morgan fingerprint density at radius 3 is 2.88 bits per heavy atom. The third-order valence-corrected chi connectivity index (χ3v) is 4.40. The molecule has 2 amide bonds. The molecular weight excluding hydrogens is 334 g/mol. The summed E-state index contributed by atoms with van der Waals surface area (Å²) in [5.41, 5.74) is 3.31. The zero-order valence-electron chi connectivity index (χ0n) is 14.8. The topological polar surface area (TPSA) is 80.8 Å². The fraction of sp³-hybridized carbons (Fsp3) is 0.316. The van der Waals surface area contributed by atoms with Crippen molar-refractivity contribution in [3.05, 3.63) is 58.9 Å². The van der Waals surface area contributed by atoms with E-state index in [9.17, 15) is 9.59 Å². The molecule has 2 heterocycles. The van der Waals surface area contributed by atoms with Crippen LogP contribution in [0.3, 0.4) is 0 Å². The third kappa shape index (κ3) is 3.77. The molecule has 1 aliphatic rings. The van der Waals surface area contributed by atoms with E-state index in [0.29, 0.717) is 31.6 Å². The number of hydrogen-bond donors (Lipinski definition) is 1. The lowest BCUT2D eigenvalue weighted by Crippen LogP contribution is -2.37. The zero-order chi connectivity index (χ0) is 18.5. The van der Waals surface area contributed by atoms with E-state index in [2.05, 4.69) is 10.3 Å². The number of hydrogen-bond acceptors (Lipinski definition) is 5. The summed E-state index contributed by atoms with van der Waals surface area (Å²) in [5, 5.41) is 2.92. The quantitative estimate of drug-likeness (QED) is 0.909. The first kappa shape index (κ1) is 17.7. The van der Waals surface area contributed by atoms with Crippen LogP contribution in [0.1, 0.15) is 27.0 Å². The predicted octanol–water partition coefficient (Wildman–Crippen LogP) is 2.14. The molecule has 1 N–H and O–H groups in total. The minimum absolute atomic E-state index is 0.177. The van der Waals surface area contributed by atoms with Crippen molar-refractivity contribution in [2.24, 2.45) is 0 Å². The van der Waals surface area contributed by atoms with Crippen LogP contribution >= 0.6 is 0 Å². The lowest BCUT2D eigenvalue weighted by Gasteiger charge is -2.28. The number of methoxy groups -OCH3 is 2. The summed E-state index contributed by atoms with van der Waals surface area (Å²) in [4.78, 5) is 30.1. The minimum Gasteiger partial charge on any atom is -0.497 e. The Morgan fingerprint density at radius 1 is 1.27 bits per heavy atom. The van der Waals surface area contributed by atoms with E-state index in [1.807, 2.05) is 24.3 Å². The Balaban J connectivity index is 1.71. The maximum absolute atomic E-state index is 12.6. The second kappa shape index (κ2) is 7.86. The molecule has 0 bridgehead atoms. The molecule has 0 unspecified atom stereocenters. The smallest absolute Gasteiger partial charge is 0.409 e. The van der Waals surface area contributed by atoms with Crippen LogP contribution in [0.5, 0.6) is 5.75 Å². The standard InChI is InChI=1S/C19H21N3O4/c1-25-15-5-3-4-13(8-15)9-21-18(23)17-11-20-10-14-12-22(19(24)26-2)7-6-16(14)17/h3-5,8,10-11H,6-7,9,12H2,1-2H3,(H,21,23). The molecule has 7 nitrogen and oxygen atoms in total. The highest BCUT2D eigenvalue weighted by molar-refractivity contribution is 5.95. The lowest BCUT2D eigenvalue weighted by molar-refractivity contribution is 0.0948. The SMILES string of the molecule is COC(=O)N1CCc2c(cncc2C(=O)NCc2cccc(OC)c2)C1. The number of carbonyl (C=O) groups excluding carboxylic acids is 2. The number of carbonyl (C=O) groups is 2. The van der Waals surface area contributed by atoms with Gasteiger partial charge in [0.15, 0.2) is 0 Å². The average Bonchev–Trinajstić information content (AvgIpc) is 2.70. The average molecular weight is 355 g/mol. The van der Waals surface area contributed by atoms with E-state index in [-0.39, 0.29) is 12.0 Å². The second-order valence-electron chi connectivity index (χ2n) is 6.00. The Hall–Kier alpha value is -3.09. The van der Waals surface area contributed by atoms with Gasteiger partial charge < -0.3 is 19.7 Å². The molecule has 0 radical (unpaired) electrons.